The predicted molar refractivity (Wildman–Crippen MR) is 76.0 cm³/mol. The maximum atomic E-state index is 12.4. The van der Waals surface area contributed by atoms with Gasteiger partial charge in [-0.2, -0.15) is 18.3 Å². The van der Waals surface area contributed by atoms with Crippen molar-refractivity contribution >= 4 is 10.0 Å². The first-order valence-electron chi connectivity index (χ1n) is 6.76. The van der Waals surface area contributed by atoms with Crippen molar-refractivity contribution < 1.29 is 21.6 Å². The minimum Gasteiger partial charge on any atom is -0.272 e. The molecule has 0 radical (unpaired) electrons. The minimum atomic E-state index is -4.44. The summed E-state index contributed by atoms with van der Waals surface area (Å²) in [6.45, 7) is 2.40. The Morgan fingerprint density at radius 3 is 2.52 bits per heavy atom. The van der Waals surface area contributed by atoms with Gasteiger partial charge in [-0.1, -0.05) is 0 Å². The lowest BCUT2D eigenvalue weighted by molar-refractivity contribution is -0.137. The maximum Gasteiger partial charge on any atom is 0.417 e. The van der Waals surface area contributed by atoms with Crippen LogP contribution in [0, 0.1) is 0 Å². The molecule has 0 amide bonds. The summed E-state index contributed by atoms with van der Waals surface area (Å²) >= 11 is 0. The topological polar surface area (TPSA) is 76.9 Å². The molecule has 0 spiro atoms. The van der Waals surface area contributed by atoms with Crippen molar-refractivity contribution in [2.75, 3.05) is 6.54 Å². The molecule has 10 heteroatoms. The van der Waals surface area contributed by atoms with Crippen molar-refractivity contribution in [2.24, 2.45) is 0 Å². The number of rotatable bonds is 6. The van der Waals surface area contributed by atoms with Crippen LogP contribution in [0.2, 0.25) is 0 Å². The number of aromatic nitrogens is 3. The molecule has 0 aromatic carbocycles. The van der Waals surface area contributed by atoms with E-state index in [0.717, 1.165) is 12.3 Å². The zero-order valence-electron chi connectivity index (χ0n) is 12.2. The van der Waals surface area contributed by atoms with Gasteiger partial charge in [0.25, 0.3) is 0 Å². The number of hydrogen-bond donors (Lipinski definition) is 1. The Morgan fingerprint density at radius 1 is 1.26 bits per heavy atom. The van der Waals surface area contributed by atoms with Crippen LogP contribution in [0.4, 0.5) is 13.2 Å². The summed E-state index contributed by atoms with van der Waals surface area (Å²) in [6.07, 6.45) is -0.887. The summed E-state index contributed by atoms with van der Waals surface area (Å²) in [6, 6.07) is 2.15. The van der Waals surface area contributed by atoms with Gasteiger partial charge in [0.1, 0.15) is 4.90 Å². The summed E-state index contributed by atoms with van der Waals surface area (Å²) in [5.41, 5.74) is -0.473. The van der Waals surface area contributed by atoms with E-state index in [2.05, 4.69) is 14.8 Å². The smallest absolute Gasteiger partial charge is 0.272 e. The molecule has 2 rings (SSSR count). The molecule has 0 unspecified atom stereocenters. The molecule has 6 nitrogen and oxygen atoms in total. The third kappa shape index (κ3) is 4.52. The summed E-state index contributed by atoms with van der Waals surface area (Å²) < 4.78 is 65.1. The van der Waals surface area contributed by atoms with Crippen LogP contribution >= 0.6 is 0 Å². The van der Waals surface area contributed by atoms with Gasteiger partial charge in [-0.25, -0.2) is 13.1 Å². The fraction of sp³-hybridized carbons (Fsp3) is 0.385. The molecule has 1 N–H and O–H groups in total. The van der Waals surface area contributed by atoms with Gasteiger partial charge in [0.05, 0.1) is 11.8 Å². The maximum absolute atomic E-state index is 12.4. The predicted octanol–water partition coefficient (Wildman–Crippen LogP) is 1.84. The first-order chi connectivity index (χ1) is 10.7. The van der Waals surface area contributed by atoms with Gasteiger partial charge >= 0.3 is 6.18 Å². The number of aryl methyl sites for hydroxylation is 1. The first-order valence-corrected chi connectivity index (χ1v) is 8.25. The number of hydrogen-bond acceptors (Lipinski definition) is 4. The first kappa shape index (κ1) is 17.4. The third-order valence-electron chi connectivity index (χ3n) is 3.07. The van der Waals surface area contributed by atoms with Gasteiger partial charge < -0.3 is 0 Å². The lowest BCUT2D eigenvalue weighted by atomic mass is 10.2. The van der Waals surface area contributed by atoms with Gasteiger partial charge in [-0.05, 0) is 19.1 Å². The highest BCUT2D eigenvalue weighted by atomic mass is 32.2. The number of alkyl halides is 3. The summed E-state index contributed by atoms with van der Waals surface area (Å²) in [7, 11) is -3.69. The van der Waals surface area contributed by atoms with Crippen LogP contribution in [0.25, 0.3) is 0 Å². The van der Waals surface area contributed by atoms with Gasteiger partial charge in [0, 0.05) is 37.6 Å². The Balaban J connectivity index is 1.94. The lowest BCUT2D eigenvalue weighted by Crippen LogP contribution is -2.26. The molecule has 126 valence electrons. The average Bonchev–Trinajstić information content (AvgIpc) is 2.96. The Kier molecular flexibility index (Phi) is 5.05. The highest BCUT2D eigenvalue weighted by molar-refractivity contribution is 7.89. The largest absolute Gasteiger partial charge is 0.417 e. The summed E-state index contributed by atoms with van der Waals surface area (Å²) in [5, 5.41) is 3.88. The highest BCUT2D eigenvalue weighted by Crippen LogP contribution is 2.28. The molecule has 0 fully saturated rings. The van der Waals surface area contributed by atoms with Crippen LogP contribution in [0.3, 0.4) is 0 Å². The van der Waals surface area contributed by atoms with E-state index in [1.807, 2.05) is 6.92 Å². The third-order valence-corrected chi connectivity index (χ3v) is 4.48. The molecule has 2 heterocycles. The normalized spacial score (nSPS) is 12.5. The van der Waals surface area contributed by atoms with Crippen LogP contribution in [0.1, 0.15) is 18.2 Å². The summed E-state index contributed by atoms with van der Waals surface area (Å²) in [5.74, 6) is 0. The molecular formula is C13H15F3N4O2S. The molecule has 0 bridgehead atoms. The van der Waals surface area contributed by atoms with E-state index in [1.54, 1.807) is 0 Å². The van der Waals surface area contributed by atoms with E-state index < -0.39 is 21.8 Å². The van der Waals surface area contributed by atoms with Crippen molar-refractivity contribution in [2.45, 2.75) is 31.0 Å². The van der Waals surface area contributed by atoms with Gasteiger partial charge in [-0.3, -0.25) is 9.67 Å². The zero-order chi connectivity index (χ0) is 17.1. The zero-order valence-corrected chi connectivity index (χ0v) is 13.0. The number of nitrogens with one attached hydrogen (secondary N) is 1. The number of sulfonamides is 1. The molecule has 2 aromatic rings. The molecule has 0 saturated carbocycles. The van der Waals surface area contributed by atoms with Crippen molar-refractivity contribution in [1.82, 2.24) is 19.5 Å². The average molecular weight is 348 g/mol. The number of pyridine rings is 1. The minimum absolute atomic E-state index is 0.0258. The van der Waals surface area contributed by atoms with E-state index in [-0.39, 0.29) is 17.9 Å². The highest BCUT2D eigenvalue weighted by Gasteiger charge is 2.30. The van der Waals surface area contributed by atoms with Crippen LogP contribution < -0.4 is 4.72 Å². The van der Waals surface area contributed by atoms with E-state index >= 15 is 0 Å². The quantitative estimate of drug-likeness (QED) is 0.864. The van der Waals surface area contributed by atoms with Crippen molar-refractivity contribution in [1.29, 1.82) is 0 Å². The van der Waals surface area contributed by atoms with Gasteiger partial charge in [0.15, 0.2) is 0 Å². The molecule has 0 aliphatic heterocycles. The standard InChI is InChI=1S/C13H15F3N4O2S/c1-2-20-9-12(8-18-20)23(21,22)19-6-5-11-4-3-10(7-17-11)13(14,15)16/h3-4,7-9,19H,2,5-6H2,1H3. The Hall–Kier alpha value is -1.94. The van der Waals surface area contributed by atoms with E-state index in [9.17, 15) is 21.6 Å². The van der Waals surface area contributed by atoms with E-state index in [0.29, 0.717) is 12.2 Å². The van der Waals surface area contributed by atoms with E-state index in [1.165, 1.54) is 23.1 Å². The Bertz CT molecular complexity index is 754. The molecule has 0 aliphatic rings. The number of nitrogens with zero attached hydrogens (tertiary/aromatic N) is 3. The van der Waals surface area contributed by atoms with Crippen molar-refractivity contribution in [3.8, 4) is 0 Å². The fourth-order valence-corrected chi connectivity index (χ4v) is 2.78. The molecule has 23 heavy (non-hydrogen) atoms. The van der Waals surface area contributed by atoms with Gasteiger partial charge in [-0.15, -0.1) is 0 Å². The fourth-order valence-electron chi connectivity index (χ4n) is 1.79. The van der Waals surface area contributed by atoms with Crippen LogP contribution in [-0.2, 0) is 29.2 Å². The molecule has 2 aromatic heterocycles. The second kappa shape index (κ2) is 6.67. The SMILES string of the molecule is CCn1cc(S(=O)(=O)NCCc2ccc(C(F)(F)F)cn2)cn1. The molecular weight excluding hydrogens is 333 g/mol. The molecule has 0 aliphatic carbocycles. The van der Waals surface area contributed by atoms with Crippen LogP contribution in [0.5, 0.6) is 0 Å². The van der Waals surface area contributed by atoms with E-state index in [4.69, 9.17) is 0 Å². The monoisotopic (exact) mass is 348 g/mol. The number of halogens is 3. The second-order valence-electron chi connectivity index (χ2n) is 4.72. The molecule has 0 atom stereocenters. The Labute approximate surface area is 131 Å². The Morgan fingerprint density at radius 2 is 2.00 bits per heavy atom. The van der Waals surface area contributed by atoms with Crippen molar-refractivity contribution in [3.05, 3.63) is 42.0 Å². The van der Waals surface area contributed by atoms with Crippen LogP contribution in [-0.4, -0.2) is 29.7 Å². The second-order valence-corrected chi connectivity index (χ2v) is 6.48. The summed E-state index contributed by atoms with van der Waals surface area (Å²) in [4.78, 5) is 3.72. The van der Waals surface area contributed by atoms with Crippen molar-refractivity contribution in [3.63, 3.8) is 0 Å². The molecule has 0 saturated heterocycles. The van der Waals surface area contributed by atoms with Crippen LogP contribution in [0.15, 0.2) is 35.6 Å². The van der Waals surface area contributed by atoms with Gasteiger partial charge in [0.2, 0.25) is 10.0 Å². The lowest BCUT2D eigenvalue weighted by Gasteiger charge is -2.07.